The first-order valence-electron chi connectivity index (χ1n) is 9.80. The maximum atomic E-state index is 13.4. The minimum atomic E-state index is -2.68. The van der Waals surface area contributed by atoms with E-state index in [9.17, 15) is 18.4 Å². The van der Waals surface area contributed by atoms with Crippen molar-refractivity contribution in [2.24, 2.45) is 5.92 Å². The lowest BCUT2D eigenvalue weighted by molar-refractivity contribution is -0.117. The summed E-state index contributed by atoms with van der Waals surface area (Å²) < 4.78 is 26.9. The van der Waals surface area contributed by atoms with Crippen LogP contribution < -0.4 is 10.2 Å². The molecule has 146 valence electrons. The van der Waals surface area contributed by atoms with Crippen LogP contribution in [0.25, 0.3) is 0 Å². The van der Waals surface area contributed by atoms with Crippen LogP contribution in [0.5, 0.6) is 0 Å². The summed E-state index contributed by atoms with van der Waals surface area (Å²) in [7, 11) is 0. The van der Waals surface area contributed by atoms with Crippen molar-refractivity contribution in [1.29, 1.82) is 0 Å². The van der Waals surface area contributed by atoms with Crippen molar-refractivity contribution in [3.05, 3.63) is 23.8 Å². The number of carbonyl (C=O) groups excluding carboxylic acids is 2. The van der Waals surface area contributed by atoms with Crippen LogP contribution in [0.4, 0.5) is 20.2 Å². The van der Waals surface area contributed by atoms with Crippen molar-refractivity contribution in [3.8, 4) is 0 Å². The molecule has 1 saturated carbocycles. The Morgan fingerprint density at radius 3 is 2.33 bits per heavy atom. The van der Waals surface area contributed by atoms with Gasteiger partial charge in [0.25, 0.3) is 11.8 Å². The molecule has 3 fully saturated rings. The minimum absolute atomic E-state index is 0.0275. The van der Waals surface area contributed by atoms with E-state index in [-0.39, 0.29) is 43.7 Å². The third kappa shape index (κ3) is 4.06. The lowest BCUT2D eigenvalue weighted by Gasteiger charge is -2.33. The fraction of sp³-hybridized carbons (Fsp3) is 0.600. The number of nitrogens with zero attached hydrogens (tertiary/aromatic N) is 2. The molecule has 2 amide bonds. The third-order valence-corrected chi connectivity index (χ3v) is 5.67. The number of nitrogens with one attached hydrogen (secondary N) is 1. The molecule has 2 saturated heterocycles. The van der Waals surface area contributed by atoms with Gasteiger partial charge in [0.05, 0.1) is 11.3 Å². The van der Waals surface area contributed by atoms with Crippen molar-refractivity contribution in [2.45, 2.75) is 44.4 Å². The molecule has 2 aliphatic heterocycles. The molecule has 0 spiro atoms. The highest BCUT2D eigenvalue weighted by molar-refractivity contribution is 6.02. The van der Waals surface area contributed by atoms with E-state index >= 15 is 0 Å². The van der Waals surface area contributed by atoms with Crippen LogP contribution >= 0.6 is 0 Å². The van der Waals surface area contributed by atoms with Gasteiger partial charge in [-0.3, -0.25) is 9.59 Å². The van der Waals surface area contributed by atoms with Crippen LogP contribution in [-0.2, 0) is 4.79 Å². The molecule has 0 atom stereocenters. The Labute approximate surface area is 157 Å². The molecule has 0 aromatic heterocycles. The Morgan fingerprint density at radius 1 is 1.04 bits per heavy atom. The monoisotopic (exact) mass is 377 g/mol. The zero-order valence-corrected chi connectivity index (χ0v) is 15.3. The minimum Gasteiger partial charge on any atom is -0.371 e. The van der Waals surface area contributed by atoms with Gasteiger partial charge in [0, 0.05) is 50.6 Å². The van der Waals surface area contributed by atoms with Crippen molar-refractivity contribution in [1.82, 2.24) is 4.90 Å². The van der Waals surface area contributed by atoms with Gasteiger partial charge < -0.3 is 15.1 Å². The average molecular weight is 377 g/mol. The van der Waals surface area contributed by atoms with Gasteiger partial charge in [-0.2, -0.15) is 0 Å². The number of alkyl halides is 2. The van der Waals surface area contributed by atoms with E-state index < -0.39 is 5.92 Å². The summed E-state index contributed by atoms with van der Waals surface area (Å²) in [4.78, 5) is 28.7. The number of amides is 2. The number of halogens is 2. The molecule has 2 heterocycles. The Morgan fingerprint density at radius 2 is 1.70 bits per heavy atom. The normalized spacial score (nSPS) is 22.0. The molecule has 1 N–H and O–H groups in total. The van der Waals surface area contributed by atoms with Crippen LogP contribution in [0.3, 0.4) is 0 Å². The van der Waals surface area contributed by atoms with Crippen molar-refractivity contribution in [3.63, 3.8) is 0 Å². The molecule has 1 aromatic rings. The van der Waals surface area contributed by atoms with E-state index in [4.69, 9.17) is 0 Å². The first kappa shape index (κ1) is 18.2. The van der Waals surface area contributed by atoms with E-state index in [2.05, 4.69) is 10.2 Å². The van der Waals surface area contributed by atoms with E-state index in [0.29, 0.717) is 11.3 Å². The Hall–Kier alpha value is -2.18. The maximum Gasteiger partial charge on any atom is 0.255 e. The van der Waals surface area contributed by atoms with Crippen LogP contribution in [0.2, 0.25) is 0 Å². The van der Waals surface area contributed by atoms with Gasteiger partial charge in [-0.25, -0.2) is 8.78 Å². The van der Waals surface area contributed by atoms with Crippen LogP contribution in [-0.4, -0.2) is 48.8 Å². The molecule has 0 radical (unpaired) electrons. The zero-order chi connectivity index (χ0) is 19.0. The third-order valence-electron chi connectivity index (χ3n) is 5.67. The van der Waals surface area contributed by atoms with Crippen LogP contribution in [0.15, 0.2) is 18.2 Å². The molecule has 0 unspecified atom stereocenters. The smallest absolute Gasteiger partial charge is 0.255 e. The topological polar surface area (TPSA) is 52.7 Å². The highest BCUT2D eigenvalue weighted by Crippen LogP contribution is 2.34. The van der Waals surface area contributed by atoms with Gasteiger partial charge in [-0.1, -0.05) is 0 Å². The van der Waals surface area contributed by atoms with E-state index in [1.165, 1.54) is 4.90 Å². The number of carbonyl (C=O) groups is 2. The second kappa shape index (κ2) is 7.09. The van der Waals surface area contributed by atoms with E-state index in [1.807, 2.05) is 6.07 Å². The Bertz CT molecular complexity index is 733. The molecule has 4 rings (SSSR count). The van der Waals surface area contributed by atoms with Crippen molar-refractivity contribution in [2.75, 3.05) is 36.4 Å². The molecule has 1 aliphatic carbocycles. The van der Waals surface area contributed by atoms with Crippen molar-refractivity contribution < 1.29 is 18.4 Å². The zero-order valence-electron chi connectivity index (χ0n) is 15.3. The predicted molar refractivity (Wildman–Crippen MR) is 99.3 cm³/mol. The lowest BCUT2D eigenvalue weighted by atomic mass is 10.0. The summed E-state index contributed by atoms with van der Waals surface area (Å²) in [5.41, 5.74) is 2.02. The molecule has 3 aliphatic rings. The highest BCUT2D eigenvalue weighted by Gasteiger charge is 2.36. The summed E-state index contributed by atoms with van der Waals surface area (Å²) in [6, 6.07) is 5.33. The molecule has 1 aromatic carbocycles. The number of benzene rings is 1. The molecule has 5 nitrogen and oxygen atoms in total. The van der Waals surface area contributed by atoms with Gasteiger partial charge in [-0.05, 0) is 43.9 Å². The predicted octanol–water partition coefficient (Wildman–Crippen LogP) is 3.51. The fourth-order valence-corrected chi connectivity index (χ4v) is 3.81. The molecule has 0 bridgehead atoms. The van der Waals surface area contributed by atoms with Gasteiger partial charge in [0.1, 0.15) is 0 Å². The number of hydrogen-bond donors (Lipinski definition) is 1. The number of anilines is 2. The standard InChI is InChI=1S/C20H25F2N3O2/c21-20(22)7-11-25(12-8-20)19(27)16-6-5-15(23-18(26)14-3-4-14)13-17(16)24-9-1-2-10-24/h5-6,13-14H,1-4,7-12H2,(H,23,26). The summed E-state index contributed by atoms with van der Waals surface area (Å²) in [5.74, 6) is -2.74. The van der Waals surface area contributed by atoms with Gasteiger partial charge in [-0.15, -0.1) is 0 Å². The molecular formula is C20H25F2N3O2. The summed E-state index contributed by atoms with van der Waals surface area (Å²) in [5, 5.41) is 2.93. The van der Waals surface area contributed by atoms with Gasteiger partial charge in [0.2, 0.25) is 5.91 Å². The lowest BCUT2D eigenvalue weighted by Crippen LogP contribution is -2.43. The maximum absolute atomic E-state index is 13.4. The van der Waals surface area contributed by atoms with Gasteiger partial charge >= 0.3 is 0 Å². The average Bonchev–Trinajstić information content (AvgIpc) is 3.36. The second-order valence-corrected chi connectivity index (χ2v) is 7.84. The van der Waals surface area contributed by atoms with Crippen LogP contribution in [0, 0.1) is 5.92 Å². The molecule has 27 heavy (non-hydrogen) atoms. The van der Waals surface area contributed by atoms with E-state index in [1.54, 1.807) is 12.1 Å². The van der Waals surface area contributed by atoms with Crippen molar-refractivity contribution >= 4 is 23.2 Å². The van der Waals surface area contributed by atoms with Gasteiger partial charge in [0.15, 0.2) is 0 Å². The number of piperidine rings is 1. The first-order chi connectivity index (χ1) is 12.9. The second-order valence-electron chi connectivity index (χ2n) is 7.84. The SMILES string of the molecule is O=C(Nc1ccc(C(=O)N2CCC(F)(F)CC2)c(N2CCCC2)c1)C1CC1. The van der Waals surface area contributed by atoms with E-state index in [0.717, 1.165) is 44.5 Å². The fourth-order valence-electron chi connectivity index (χ4n) is 3.81. The van der Waals surface area contributed by atoms with Crippen LogP contribution in [0.1, 0.15) is 48.9 Å². The summed E-state index contributed by atoms with van der Waals surface area (Å²) >= 11 is 0. The highest BCUT2D eigenvalue weighted by atomic mass is 19.3. The Kier molecular flexibility index (Phi) is 4.78. The molecule has 7 heteroatoms. The number of rotatable bonds is 4. The number of likely N-dealkylation sites (tertiary alicyclic amines) is 1. The summed E-state index contributed by atoms with van der Waals surface area (Å²) in [6.45, 7) is 1.87. The summed E-state index contributed by atoms with van der Waals surface area (Å²) in [6.07, 6.45) is 3.41. The largest absolute Gasteiger partial charge is 0.371 e. The number of hydrogen-bond acceptors (Lipinski definition) is 3. The first-order valence-corrected chi connectivity index (χ1v) is 9.80. The Balaban J connectivity index is 1.56. The molecular weight excluding hydrogens is 352 g/mol. The quantitative estimate of drug-likeness (QED) is 0.874.